The molecule has 6 aromatic rings. The largest absolute Gasteiger partial charge is 0.494 e. The first-order valence-corrected chi connectivity index (χ1v) is 17.2. The molecule has 0 bridgehead atoms. The maximum absolute atomic E-state index is 14.9. The van der Waals surface area contributed by atoms with Crippen molar-refractivity contribution < 1.29 is 19.4 Å². The van der Waals surface area contributed by atoms with Crippen molar-refractivity contribution in [1.82, 2.24) is 19.5 Å². The van der Waals surface area contributed by atoms with E-state index in [0.717, 1.165) is 60.9 Å². The second-order valence-corrected chi connectivity index (χ2v) is 13.6. The van der Waals surface area contributed by atoms with Crippen LogP contribution in [-0.2, 0) is 6.42 Å². The van der Waals surface area contributed by atoms with E-state index < -0.39 is 5.97 Å². The number of aromatic carboxylic acids is 1. The number of fused-ring (bicyclic) bond motifs is 4. The summed E-state index contributed by atoms with van der Waals surface area (Å²) in [5.74, 6) is -0.507. The zero-order valence-corrected chi connectivity index (χ0v) is 29.9. The lowest BCUT2D eigenvalue weighted by Crippen LogP contribution is -2.43. The predicted molar refractivity (Wildman–Crippen MR) is 197 cm³/mol. The van der Waals surface area contributed by atoms with Gasteiger partial charge in [0.1, 0.15) is 17.8 Å². The van der Waals surface area contributed by atoms with Crippen LogP contribution in [0.4, 0.5) is 5.69 Å². The average Bonchev–Trinajstić information content (AvgIpc) is 3.42. The molecule has 0 spiro atoms. The van der Waals surface area contributed by atoms with Crippen molar-refractivity contribution in [2.45, 2.75) is 53.5 Å². The van der Waals surface area contributed by atoms with Crippen molar-refractivity contribution in [2.24, 2.45) is 0 Å². The number of hydrogen-bond donors (Lipinski definition) is 1. The summed E-state index contributed by atoms with van der Waals surface area (Å²) in [5.41, 5.74) is 8.56. The van der Waals surface area contributed by atoms with Crippen molar-refractivity contribution in [2.75, 3.05) is 18.1 Å². The number of nitrogens with zero attached hydrogens (tertiary/aromatic N) is 5. The van der Waals surface area contributed by atoms with Gasteiger partial charge in [-0.05, 0) is 101 Å². The van der Waals surface area contributed by atoms with Crippen LogP contribution in [0, 0.1) is 27.7 Å². The molecule has 1 amide bonds. The molecule has 254 valence electrons. The van der Waals surface area contributed by atoms with Gasteiger partial charge in [-0.2, -0.15) is 0 Å². The molecule has 50 heavy (non-hydrogen) atoms. The molecule has 0 unspecified atom stereocenters. The molecule has 0 fully saturated rings. The molecule has 0 radical (unpaired) electrons. The topological polar surface area (TPSA) is 110 Å². The van der Waals surface area contributed by atoms with Gasteiger partial charge in [0.15, 0.2) is 0 Å². The lowest BCUT2D eigenvalue weighted by atomic mass is 9.97. The van der Waals surface area contributed by atoms with Crippen molar-refractivity contribution in [3.63, 3.8) is 0 Å². The molecule has 0 saturated carbocycles. The van der Waals surface area contributed by atoms with Crippen LogP contribution < -0.4 is 9.64 Å². The number of pyridine rings is 1. The summed E-state index contributed by atoms with van der Waals surface area (Å²) in [6, 6.07) is 14.2. The summed E-state index contributed by atoms with van der Waals surface area (Å²) in [6.45, 7) is 10.6. The number of ether oxygens (including phenoxy) is 1. The first-order chi connectivity index (χ1) is 24.0. The number of rotatable bonds is 8. The van der Waals surface area contributed by atoms with Gasteiger partial charge >= 0.3 is 5.97 Å². The van der Waals surface area contributed by atoms with Gasteiger partial charge in [0.25, 0.3) is 5.91 Å². The number of carboxylic acid groups (broad SMARTS) is 1. The Kier molecular flexibility index (Phi) is 8.74. The third-order valence-corrected chi connectivity index (χ3v) is 10.5. The second-order valence-electron chi connectivity index (χ2n) is 12.9. The Balaban J connectivity index is 1.38. The normalized spacial score (nSPS) is 14.4. The van der Waals surface area contributed by atoms with Crippen molar-refractivity contribution in [3.8, 4) is 16.9 Å². The van der Waals surface area contributed by atoms with Crippen LogP contribution >= 0.6 is 23.2 Å². The zero-order chi connectivity index (χ0) is 35.4. The molecule has 0 saturated heterocycles. The van der Waals surface area contributed by atoms with E-state index in [9.17, 15) is 14.7 Å². The van der Waals surface area contributed by atoms with Crippen LogP contribution in [0.2, 0.25) is 10.0 Å². The van der Waals surface area contributed by atoms with E-state index in [2.05, 4.69) is 26.4 Å². The molecule has 3 aromatic carbocycles. The maximum Gasteiger partial charge on any atom is 0.336 e. The zero-order valence-electron chi connectivity index (χ0n) is 28.3. The fourth-order valence-electron chi connectivity index (χ4n) is 7.32. The smallest absolute Gasteiger partial charge is 0.336 e. The molecule has 11 heteroatoms. The summed E-state index contributed by atoms with van der Waals surface area (Å²) in [7, 11) is 0. The van der Waals surface area contributed by atoms with Gasteiger partial charge in [-0.1, -0.05) is 35.3 Å². The van der Waals surface area contributed by atoms with Crippen LogP contribution in [0.1, 0.15) is 68.3 Å². The second kappa shape index (κ2) is 13.0. The minimum Gasteiger partial charge on any atom is -0.494 e. The molecule has 3 aromatic heterocycles. The predicted octanol–water partition coefficient (Wildman–Crippen LogP) is 9.12. The number of halogens is 2. The number of carboxylic acids is 1. The number of aryl methyl sites for hydroxylation is 5. The Hall–Kier alpha value is -4.99. The van der Waals surface area contributed by atoms with Crippen molar-refractivity contribution >= 4 is 62.6 Å². The minimum absolute atomic E-state index is 0.130. The van der Waals surface area contributed by atoms with Crippen LogP contribution in [0.25, 0.3) is 32.9 Å². The molecule has 7 rings (SSSR count). The SMILES string of the molecule is Cc1cc(OCCCc2c3n(c4c(-c5c(C)ncnc5C)c(Cl)ccc24)[C@H](C)CN(c2ccc(C(=O)O)c4cccnc24)C3=O)cc(C)c1Cl. The minimum atomic E-state index is -1.05. The summed E-state index contributed by atoms with van der Waals surface area (Å²) in [6.07, 6.45) is 4.35. The highest BCUT2D eigenvalue weighted by Crippen LogP contribution is 2.45. The van der Waals surface area contributed by atoms with E-state index in [-0.39, 0.29) is 17.5 Å². The lowest BCUT2D eigenvalue weighted by molar-refractivity contribution is 0.0699. The number of benzene rings is 3. The molecule has 4 heterocycles. The standard InChI is InChI=1S/C39H35Cl2N5O4/c1-20-16-25(17-21(2)34(20)41)50-15-7-9-27-28-10-12-30(40)33(32-23(4)43-19-44-24(32)5)36(28)46-22(3)18-45(38(47)37(27)46)31-13-11-29(39(48)49)26-8-6-14-42-35(26)31/h6,8,10-14,16-17,19,22H,7,9,15,18H2,1-5H3,(H,48,49)/t22-/m1/s1. The molecular weight excluding hydrogens is 673 g/mol. The Bertz CT molecular complexity index is 2330. The Labute approximate surface area is 299 Å². The molecule has 1 N–H and O–H groups in total. The number of carbonyl (C=O) groups is 2. The quantitative estimate of drug-likeness (QED) is 0.157. The van der Waals surface area contributed by atoms with Gasteiger partial charge in [-0.3, -0.25) is 9.78 Å². The highest BCUT2D eigenvalue weighted by atomic mass is 35.5. The van der Waals surface area contributed by atoms with Crippen molar-refractivity contribution in [3.05, 3.63) is 110 Å². The first-order valence-electron chi connectivity index (χ1n) is 16.4. The van der Waals surface area contributed by atoms with Gasteiger partial charge in [-0.15, -0.1) is 0 Å². The van der Waals surface area contributed by atoms with Gasteiger partial charge in [0.2, 0.25) is 0 Å². The van der Waals surface area contributed by atoms with E-state index in [0.29, 0.717) is 53.3 Å². The van der Waals surface area contributed by atoms with Gasteiger partial charge in [-0.25, -0.2) is 14.8 Å². The Morgan fingerprint density at radius 2 is 1.68 bits per heavy atom. The third kappa shape index (κ3) is 5.54. The van der Waals surface area contributed by atoms with Gasteiger partial charge in [0.05, 0.1) is 33.9 Å². The summed E-state index contributed by atoms with van der Waals surface area (Å²) >= 11 is 13.4. The number of hydrogen-bond acceptors (Lipinski definition) is 6. The molecular formula is C39H35Cl2N5O4. The van der Waals surface area contributed by atoms with E-state index in [1.54, 1.807) is 41.7 Å². The highest BCUT2D eigenvalue weighted by molar-refractivity contribution is 6.35. The van der Waals surface area contributed by atoms with Crippen molar-refractivity contribution in [1.29, 1.82) is 0 Å². The van der Waals surface area contributed by atoms with Gasteiger partial charge < -0.3 is 19.3 Å². The number of carbonyl (C=O) groups excluding carboxylic acids is 1. The fourth-order valence-corrected chi connectivity index (χ4v) is 7.67. The van der Waals surface area contributed by atoms with Crippen LogP contribution in [0.3, 0.4) is 0 Å². The van der Waals surface area contributed by atoms with E-state index in [1.165, 1.54) is 0 Å². The first kappa shape index (κ1) is 33.5. The van der Waals surface area contributed by atoms with Crippen LogP contribution in [0.5, 0.6) is 5.75 Å². The number of amides is 1. The Morgan fingerprint density at radius 3 is 2.38 bits per heavy atom. The third-order valence-electron chi connectivity index (χ3n) is 9.55. The highest BCUT2D eigenvalue weighted by Gasteiger charge is 2.37. The lowest BCUT2D eigenvalue weighted by Gasteiger charge is -2.34. The van der Waals surface area contributed by atoms with Crippen LogP contribution in [-0.4, -0.2) is 49.7 Å². The maximum atomic E-state index is 14.9. The monoisotopic (exact) mass is 707 g/mol. The molecule has 1 aliphatic heterocycles. The molecule has 1 aliphatic rings. The molecule has 0 aliphatic carbocycles. The van der Waals surface area contributed by atoms with Gasteiger partial charge in [0, 0.05) is 57.1 Å². The van der Waals surface area contributed by atoms with E-state index in [4.69, 9.17) is 27.9 Å². The number of aromatic nitrogens is 4. The summed E-state index contributed by atoms with van der Waals surface area (Å²) in [4.78, 5) is 42.2. The fraction of sp³-hybridized carbons (Fsp3) is 0.256. The van der Waals surface area contributed by atoms with Crippen LogP contribution in [0.15, 0.2) is 61.1 Å². The summed E-state index contributed by atoms with van der Waals surface area (Å²) < 4.78 is 8.30. The van der Waals surface area contributed by atoms with E-state index in [1.807, 2.05) is 52.0 Å². The average molecular weight is 709 g/mol. The van der Waals surface area contributed by atoms with E-state index >= 15 is 0 Å². The summed E-state index contributed by atoms with van der Waals surface area (Å²) in [5, 5.41) is 12.5. The Morgan fingerprint density at radius 1 is 0.960 bits per heavy atom. The molecule has 1 atom stereocenters. The number of anilines is 1. The molecule has 9 nitrogen and oxygen atoms in total.